The molecular weight excluding hydrogens is 409 g/mol. The van der Waals surface area contributed by atoms with Gasteiger partial charge in [0, 0.05) is 20.2 Å². The van der Waals surface area contributed by atoms with E-state index in [9.17, 15) is 23.1 Å². The smallest absolute Gasteiger partial charge is 0.415 e. The Morgan fingerprint density at radius 2 is 2.07 bits per heavy atom. The molecule has 1 atom stereocenters. The number of aliphatic imine (C=N–C) groups is 1. The standard InChI is InChI=1S/C18H23F3N2O3SSi/c1-28(2,3)10-8-26-12-23(17(24)25)16-22-18(11-19,7-9-27-16)13-5-4-6-14(20)15(13)21/h4-7,9H,8,10-12H2,1-3H3,(H,24,25). The SMILES string of the molecule is C[Si](C)(C)CCOCN(C(=O)O)C1=NC(CF)(c2cccc(F)c2F)C=CS1. The first-order valence-corrected chi connectivity index (χ1v) is 13.2. The van der Waals surface area contributed by atoms with Crippen molar-refractivity contribution in [2.24, 2.45) is 4.99 Å². The summed E-state index contributed by atoms with van der Waals surface area (Å²) in [5.74, 6) is -2.34. The zero-order valence-electron chi connectivity index (χ0n) is 15.9. The molecule has 0 fully saturated rings. The summed E-state index contributed by atoms with van der Waals surface area (Å²) in [7, 11) is -1.34. The van der Waals surface area contributed by atoms with Crippen molar-refractivity contribution in [1.29, 1.82) is 0 Å². The van der Waals surface area contributed by atoms with Crippen molar-refractivity contribution in [2.75, 3.05) is 20.0 Å². The molecule has 1 amide bonds. The maximum absolute atomic E-state index is 14.3. The molecule has 1 N–H and O–H groups in total. The normalized spacial score (nSPS) is 19.4. The number of hydrogen-bond donors (Lipinski definition) is 1. The van der Waals surface area contributed by atoms with Crippen molar-refractivity contribution in [3.05, 3.63) is 46.9 Å². The van der Waals surface area contributed by atoms with E-state index in [1.807, 2.05) is 0 Å². The van der Waals surface area contributed by atoms with Crippen molar-refractivity contribution in [2.45, 2.75) is 31.2 Å². The van der Waals surface area contributed by atoms with Crippen LogP contribution in [0.15, 0.2) is 34.7 Å². The zero-order valence-corrected chi connectivity index (χ0v) is 17.7. The van der Waals surface area contributed by atoms with Crippen LogP contribution in [0.2, 0.25) is 25.7 Å². The summed E-state index contributed by atoms with van der Waals surface area (Å²) in [6.45, 7) is 5.45. The van der Waals surface area contributed by atoms with Gasteiger partial charge in [0.15, 0.2) is 16.8 Å². The van der Waals surface area contributed by atoms with Crippen LogP contribution >= 0.6 is 11.8 Å². The number of benzene rings is 1. The number of amidine groups is 1. The lowest BCUT2D eigenvalue weighted by Crippen LogP contribution is -2.40. The highest BCUT2D eigenvalue weighted by Crippen LogP contribution is 2.37. The number of carboxylic acid groups (broad SMARTS) is 1. The second kappa shape index (κ2) is 9.14. The second-order valence-corrected chi connectivity index (χ2v) is 14.0. The van der Waals surface area contributed by atoms with Crippen LogP contribution in [0.5, 0.6) is 0 Å². The van der Waals surface area contributed by atoms with Crippen molar-refractivity contribution < 1.29 is 27.8 Å². The van der Waals surface area contributed by atoms with Crippen LogP contribution in [-0.2, 0) is 10.3 Å². The third kappa shape index (κ3) is 5.39. The molecule has 0 aliphatic carbocycles. The summed E-state index contributed by atoms with van der Waals surface area (Å²) in [6.07, 6.45) is -0.0347. The molecule has 1 unspecified atom stereocenters. The number of carbonyl (C=O) groups is 1. The topological polar surface area (TPSA) is 62.1 Å². The van der Waals surface area contributed by atoms with Crippen LogP contribution in [0.3, 0.4) is 0 Å². The summed E-state index contributed by atoms with van der Waals surface area (Å²) in [5, 5.41) is 10.9. The molecule has 0 bridgehead atoms. The summed E-state index contributed by atoms with van der Waals surface area (Å²) < 4.78 is 47.3. The fraction of sp³-hybridized carbons (Fsp3) is 0.444. The number of ether oxygens (including phenoxy) is 1. The minimum absolute atomic E-state index is 0.0654. The van der Waals surface area contributed by atoms with Gasteiger partial charge in [0.25, 0.3) is 0 Å². The summed E-state index contributed by atoms with van der Waals surface area (Å²) >= 11 is 0.946. The van der Waals surface area contributed by atoms with Gasteiger partial charge >= 0.3 is 6.09 Å². The molecule has 28 heavy (non-hydrogen) atoms. The molecule has 1 aliphatic rings. The molecular formula is C18H23F3N2O3SSi. The fourth-order valence-electron chi connectivity index (χ4n) is 2.43. The van der Waals surface area contributed by atoms with Crippen molar-refractivity contribution >= 4 is 31.1 Å². The molecule has 0 spiro atoms. The van der Waals surface area contributed by atoms with E-state index in [1.165, 1.54) is 23.6 Å². The van der Waals surface area contributed by atoms with Crippen LogP contribution in [0.25, 0.3) is 0 Å². The van der Waals surface area contributed by atoms with Gasteiger partial charge in [-0.1, -0.05) is 43.5 Å². The van der Waals surface area contributed by atoms with Crippen LogP contribution < -0.4 is 0 Å². The predicted molar refractivity (Wildman–Crippen MR) is 107 cm³/mol. The third-order valence-corrected chi connectivity index (χ3v) is 6.61. The zero-order chi connectivity index (χ0) is 20.9. The highest BCUT2D eigenvalue weighted by Gasteiger charge is 2.37. The van der Waals surface area contributed by atoms with Crippen LogP contribution in [0.1, 0.15) is 5.56 Å². The quantitative estimate of drug-likeness (QED) is 0.373. The first kappa shape index (κ1) is 22.5. The van der Waals surface area contributed by atoms with E-state index in [1.54, 1.807) is 0 Å². The number of halogens is 3. The number of rotatable bonds is 7. The van der Waals surface area contributed by atoms with Gasteiger partial charge in [-0.3, -0.25) is 0 Å². The molecule has 0 aromatic heterocycles. The van der Waals surface area contributed by atoms with Gasteiger partial charge < -0.3 is 9.84 Å². The number of thioether (sulfide) groups is 1. The Bertz CT molecular complexity index is 786. The molecule has 1 aromatic carbocycles. The molecule has 5 nitrogen and oxygen atoms in total. The van der Waals surface area contributed by atoms with E-state index in [0.717, 1.165) is 28.8 Å². The Morgan fingerprint density at radius 1 is 1.36 bits per heavy atom. The Morgan fingerprint density at radius 3 is 2.68 bits per heavy atom. The molecule has 1 heterocycles. The highest BCUT2D eigenvalue weighted by atomic mass is 32.2. The van der Waals surface area contributed by atoms with Gasteiger partial charge in [-0.25, -0.2) is 27.9 Å². The summed E-state index contributed by atoms with van der Waals surface area (Å²) in [4.78, 5) is 16.6. The van der Waals surface area contributed by atoms with Crippen molar-refractivity contribution in [3.63, 3.8) is 0 Å². The van der Waals surface area contributed by atoms with Crippen LogP contribution in [0.4, 0.5) is 18.0 Å². The van der Waals surface area contributed by atoms with Gasteiger partial charge in [-0.05, 0) is 23.6 Å². The summed E-state index contributed by atoms with van der Waals surface area (Å²) in [5.41, 5.74) is -2.13. The molecule has 0 radical (unpaired) electrons. The van der Waals surface area contributed by atoms with E-state index in [-0.39, 0.29) is 17.5 Å². The average molecular weight is 433 g/mol. The van der Waals surface area contributed by atoms with Crippen LogP contribution in [-0.4, -0.2) is 49.4 Å². The Balaban J connectivity index is 2.28. The number of alkyl halides is 1. The van der Waals surface area contributed by atoms with Crippen molar-refractivity contribution in [3.8, 4) is 0 Å². The number of amides is 1. The first-order valence-electron chi connectivity index (χ1n) is 8.62. The minimum Gasteiger partial charge on any atom is -0.465 e. The molecule has 2 rings (SSSR count). The lowest BCUT2D eigenvalue weighted by atomic mass is 9.91. The molecule has 0 saturated carbocycles. The lowest BCUT2D eigenvalue weighted by molar-refractivity contribution is 0.0704. The van der Waals surface area contributed by atoms with Crippen molar-refractivity contribution in [1.82, 2.24) is 4.90 Å². The molecule has 1 aliphatic heterocycles. The van der Waals surface area contributed by atoms with E-state index < -0.39 is 38.0 Å². The molecule has 0 saturated heterocycles. The minimum atomic E-state index is -1.83. The van der Waals surface area contributed by atoms with E-state index >= 15 is 0 Å². The largest absolute Gasteiger partial charge is 0.465 e. The number of hydrogen-bond acceptors (Lipinski definition) is 4. The van der Waals surface area contributed by atoms with E-state index in [4.69, 9.17) is 4.74 Å². The molecule has 1 aromatic rings. The fourth-order valence-corrected chi connectivity index (χ4v) is 4.07. The van der Waals surface area contributed by atoms with E-state index in [0.29, 0.717) is 6.61 Å². The molecule has 10 heteroatoms. The van der Waals surface area contributed by atoms with Gasteiger partial charge in [-0.2, -0.15) is 0 Å². The lowest BCUT2D eigenvalue weighted by Gasteiger charge is -2.30. The van der Waals surface area contributed by atoms with Gasteiger partial charge in [0.2, 0.25) is 0 Å². The Hall–Kier alpha value is -1.78. The van der Waals surface area contributed by atoms with Gasteiger partial charge in [-0.15, -0.1) is 0 Å². The van der Waals surface area contributed by atoms with Gasteiger partial charge in [0.1, 0.15) is 18.9 Å². The third-order valence-electron chi connectivity index (χ3n) is 4.11. The molecule has 154 valence electrons. The predicted octanol–water partition coefficient (Wildman–Crippen LogP) is 5.04. The summed E-state index contributed by atoms with van der Waals surface area (Å²) in [6, 6.07) is 4.26. The second-order valence-electron chi connectivity index (χ2n) is 7.53. The monoisotopic (exact) mass is 432 g/mol. The first-order chi connectivity index (χ1) is 13.1. The average Bonchev–Trinajstić information content (AvgIpc) is 2.62. The highest BCUT2D eigenvalue weighted by molar-refractivity contribution is 8.16. The number of nitrogens with zero attached hydrogens (tertiary/aromatic N) is 2. The van der Waals surface area contributed by atoms with E-state index in [2.05, 4.69) is 24.6 Å². The van der Waals surface area contributed by atoms with Crippen LogP contribution in [0, 0.1) is 11.6 Å². The Labute approximate surface area is 167 Å². The Kier molecular flexibility index (Phi) is 7.35. The maximum atomic E-state index is 14.3. The van der Waals surface area contributed by atoms with Gasteiger partial charge in [0.05, 0.1) is 0 Å². The maximum Gasteiger partial charge on any atom is 0.415 e.